The second-order valence-electron chi connectivity index (χ2n) is 4.56. The summed E-state index contributed by atoms with van der Waals surface area (Å²) in [5, 5.41) is 9.10. The molecule has 0 aliphatic heterocycles. The standard InChI is InChI=1S/C15H23N3O/c1-4-14(5-2)18(9-10-19-3)12-13-7-6-8-17-15(13)11-16/h6-8,14H,4-5,9-10,12H2,1-3H3. The van der Waals surface area contributed by atoms with Gasteiger partial charge in [0, 0.05) is 38.0 Å². The number of ether oxygens (including phenoxy) is 1. The van der Waals surface area contributed by atoms with E-state index in [1.807, 2.05) is 12.1 Å². The third-order valence-corrected chi connectivity index (χ3v) is 3.41. The topological polar surface area (TPSA) is 49.1 Å². The Hall–Kier alpha value is -1.44. The van der Waals surface area contributed by atoms with Gasteiger partial charge in [-0.2, -0.15) is 5.26 Å². The summed E-state index contributed by atoms with van der Waals surface area (Å²) in [6.45, 7) is 6.73. The predicted octanol–water partition coefficient (Wildman–Crippen LogP) is 2.59. The lowest BCUT2D eigenvalue weighted by molar-refractivity contribution is 0.110. The molecule has 0 aliphatic carbocycles. The fourth-order valence-electron chi connectivity index (χ4n) is 2.29. The van der Waals surface area contributed by atoms with Crippen molar-refractivity contribution in [1.82, 2.24) is 9.88 Å². The zero-order valence-electron chi connectivity index (χ0n) is 12.1. The van der Waals surface area contributed by atoms with Crippen LogP contribution in [-0.4, -0.2) is 36.2 Å². The molecule has 0 fully saturated rings. The number of hydrogen-bond donors (Lipinski definition) is 0. The van der Waals surface area contributed by atoms with Crippen molar-refractivity contribution in [2.24, 2.45) is 0 Å². The molecule has 0 aliphatic rings. The molecule has 0 radical (unpaired) electrons. The molecule has 4 heteroatoms. The van der Waals surface area contributed by atoms with Crippen LogP contribution in [0.5, 0.6) is 0 Å². The number of nitrogens with zero attached hydrogens (tertiary/aromatic N) is 3. The highest BCUT2D eigenvalue weighted by Gasteiger charge is 2.16. The summed E-state index contributed by atoms with van der Waals surface area (Å²) in [5.74, 6) is 0. The van der Waals surface area contributed by atoms with Crippen LogP contribution >= 0.6 is 0 Å². The van der Waals surface area contributed by atoms with Gasteiger partial charge in [-0.1, -0.05) is 19.9 Å². The number of aromatic nitrogens is 1. The molecule has 0 amide bonds. The second-order valence-corrected chi connectivity index (χ2v) is 4.56. The fourth-order valence-corrected chi connectivity index (χ4v) is 2.29. The molecule has 0 N–H and O–H groups in total. The average Bonchev–Trinajstić information content (AvgIpc) is 2.46. The summed E-state index contributed by atoms with van der Waals surface area (Å²) < 4.78 is 5.18. The van der Waals surface area contributed by atoms with Gasteiger partial charge in [0.15, 0.2) is 0 Å². The number of methoxy groups -OCH3 is 1. The highest BCUT2D eigenvalue weighted by atomic mass is 16.5. The number of pyridine rings is 1. The lowest BCUT2D eigenvalue weighted by Crippen LogP contribution is -2.36. The van der Waals surface area contributed by atoms with Crippen molar-refractivity contribution in [3.8, 4) is 6.07 Å². The molecule has 0 spiro atoms. The molecule has 104 valence electrons. The maximum Gasteiger partial charge on any atom is 0.144 e. The molecule has 19 heavy (non-hydrogen) atoms. The zero-order chi connectivity index (χ0) is 14.1. The minimum Gasteiger partial charge on any atom is -0.383 e. The summed E-state index contributed by atoms with van der Waals surface area (Å²) in [6.07, 6.45) is 3.86. The molecule has 0 aromatic carbocycles. The van der Waals surface area contributed by atoms with Crippen LogP contribution in [-0.2, 0) is 11.3 Å². The summed E-state index contributed by atoms with van der Waals surface area (Å²) >= 11 is 0. The normalized spacial score (nSPS) is 10.9. The first-order chi connectivity index (χ1) is 9.26. The first kappa shape index (κ1) is 15.6. The fraction of sp³-hybridized carbons (Fsp3) is 0.600. The molecule has 1 rings (SSSR count). The van der Waals surface area contributed by atoms with E-state index >= 15 is 0 Å². The second kappa shape index (κ2) is 8.63. The van der Waals surface area contributed by atoms with E-state index in [9.17, 15) is 0 Å². The highest BCUT2D eigenvalue weighted by molar-refractivity contribution is 5.30. The van der Waals surface area contributed by atoms with Gasteiger partial charge in [0.25, 0.3) is 0 Å². The average molecular weight is 261 g/mol. The van der Waals surface area contributed by atoms with E-state index in [1.54, 1.807) is 13.3 Å². The van der Waals surface area contributed by atoms with Crippen molar-refractivity contribution in [1.29, 1.82) is 5.26 Å². The van der Waals surface area contributed by atoms with E-state index in [-0.39, 0.29) is 0 Å². The van der Waals surface area contributed by atoms with Crippen LogP contribution in [0.3, 0.4) is 0 Å². The van der Waals surface area contributed by atoms with Crippen LogP contribution in [0.4, 0.5) is 0 Å². The Morgan fingerprint density at radius 3 is 2.74 bits per heavy atom. The summed E-state index contributed by atoms with van der Waals surface area (Å²) in [7, 11) is 1.72. The largest absolute Gasteiger partial charge is 0.383 e. The Kier molecular flexibility index (Phi) is 7.09. The molecule has 1 aromatic rings. The van der Waals surface area contributed by atoms with E-state index < -0.39 is 0 Å². The Labute approximate surface area is 116 Å². The van der Waals surface area contributed by atoms with Crippen molar-refractivity contribution < 1.29 is 4.74 Å². The SMILES string of the molecule is CCC(CC)N(CCOC)Cc1cccnc1C#N. The van der Waals surface area contributed by atoms with E-state index in [0.717, 1.165) is 31.5 Å². The van der Waals surface area contributed by atoms with Gasteiger partial charge in [0.2, 0.25) is 0 Å². The quantitative estimate of drug-likeness (QED) is 0.721. The van der Waals surface area contributed by atoms with Gasteiger partial charge in [-0.15, -0.1) is 0 Å². The first-order valence-electron chi connectivity index (χ1n) is 6.83. The van der Waals surface area contributed by atoms with Crippen LogP contribution in [0.25, 0.3) is 0 Å². The van der Waals surface area contributed by atoms with Crippen LogP contribution in [0, 0.1) is 11.3 Å². The third-order valence-electron chi connectivity index (χ3n) is 3.41. The summed E-state index contributed by atoms with van der Waals surface area (Å²) in [4.78, 5) is 6.50. The molecule has 0 atom stereocenters. The summed E-state index contributed by atoms with van der Waals surface area (Å²) in [5.41, 5.74) is 1.52. The van der Waals surface area contributed by atoms with Crippen LogP contribution in [0.1, 0.15) is 37.9 Å². The number of nitriles is 1. The molecule has 0 bridgehead atoms. The molecule has 0 saturated carbocycles. The van der Waals surface area contributed by atoms with Crippen molar-refractivity contribution in [3.63, 3.8) is 0 Å². The Balaban J connectivity index is 2.84. The van der Waals surface area contributed by atoms with Gasteiger partial charge in [-0.3, -0.25) is 4.90 Å². The summed E-state index contributed by atoms with van der Waals surface area (Å²) in [6, 6.07) is 6.54. The van der Waals surface area contributed by atoms with Crippen molar-refractivity contribution in [2.45, 2.75) is 39.3 Å². The maximum atomic E-state index is 9.10. The molecular formula is C15H23N3O. The van der Waals surface area contributed by atoms with Crippen molar-refractivity contribution in [2.75, 3.05) is 20.3 Å². The van der Waals surface area contributed by atoms with Gasteiger partial charge in [0.1, 0.15) is 11.8 Å². The minimum absolute atomic E-state index is 0.516. The van der Waals surface area contributed by atoms with E-state index in [2.05, 4.69) is 29.8 Å². The van der Waals surface area contributed by atoms with E-state index in [0.29, 0.717) is 18.3 Å². The van der Waals surface area contributed by atoms with Crippen molar-refractivity contribution in [3.05, 3.63) is 29.6 Å². The van der Waals surface area contributed by atoms with Crippen LogP contribution in [0.15, 0.2) is 18.3 Å². The predicted molar refractivity (Wildman–Crippen MR) is 75.6 cm³/mol. The highest BCUT2D eigenvalue weighted by Crippen LogP contribution is 2.15. The van der Waals surface area contributed by atoms with Gasteiger partial charge in [-0.05, 0) is 18.9 Å². The minimum atomic E-state index is 0.516. The smallest absolute Gasteiger partial charge is 0.144 e. The zero-order valence-corrected chi connectivity index (χ0v) is 12.1. The molecule has 0 unspecified atom stereocenters. The monoisotopic (exact) mass is 261 g/mol. The first-order valence-corrected chi connectivity index (χ1v) is 6.83. The molecular weight excluding hydrogens is 238 g/mol. The molecule has 4 nitrogen and oxygen atoms in total. The molecule has 1 aromatic heterocycles. The van der Waals surface area contributed by atoms with Gasteiger partial charge in [-0.25, -0.2) is 4.98 Å². The Morgan fingerprint density at radius 2 is 2.16 bits per heavy atom. The Morgan fingerprint density at radius 1 is 1.42 bits per heavy atom. The number of rotatable bonds is 8. The van der Waals surface area contributed by atoms with Gasteiger partial charge >= 0.3 is 0 Å². The molecule has 1 heterocycles. The van der Waals surface area contributed by atoms with Crippen LogP contribution < -0.4 is 0 Å². The third kappa shape index (κ3) is 4.62. The van der Waals surface area contributed by atoms with Crippen molar-refractivity contribution >= 4 is 0 Å². The van der Waals surface area contributed by atoms with E-state index in [4.69, 9.17) is 10.00 Å². The van der Waals surface area contributed by atoms with E-state index in [1.165, 1.54) is 0 Å². The lowest BCUT2D eigenvalue weighted by Gasteiger charge is -2.30. The van der Waals surface area contributed by atoms with Crippen LogP contribution in [0.2, 0.25) is 0 Å². The maximum absolute atomic E-state index is 9.10. The lowest BCUT2D eigenvalue weighted by atomic mass is 10.1. The van der Waals surface area contributed by atoms with Gasteiger partial charge < -0.3 is 4.74 Å². The van der Waals surface area contributed by atoms with Gasteiger partial charge in [0.05, 0.1) is 6.61 Å². The Bertz CT molecular complexity index is 410. The molecule has 0 saturated heterocycles. The number of hydrogen-bond acceptors (Lipinski definition) is 4.